The fourth-order valence-corrected chi connectivity index (χ4v) is 3.37. The minimum absolute atomic E-state index is 0.0814. The van der Waals surface area contributed by atoms with Gasteiger partial charge in [0.05, 0.1) is 25.9 Å². The number of rotatable bonds is 3. The van der Waals surface area contributed by atoms with E-state index >= 15 is 0 Å². The van der Waals surface area contributed by atoms with Crippen LogP contribution in [0.3, 0.4) is 0 Å². The van der Waals surface area contributed by atoms with Crippen LogP contribution in [0.15, 0.2) is 24.3 Å². The molecule has 120 valence electrons. The molecular weight excluding hydrogens is 280 g/mol. The third-order valence-corrected chi connectivity index (χ3v) is 4.65. The van der Waals surface area contributed by atoms with Crippen molar-refractivity contribution in [2.75, 3.05) is 46.5 Å². The van der Waals surface area contributed by atoms with E-state index < -0.39 is 0 Å². The van der Waals surface area contributed by atoms with E-state index in [1.165, 1.54) is 0 Å². The second-order valence-corrected chi connectivity index (χ2v) is 5.87. The first-order valence-electron chi connectivity index (χ1n) is 8.03. The molecule has 2 aliphatic rings. The SMILES string of the molecule is COc1ccccc1C(=O)N1CCC(N2CCOCC2)CC1. The fourth-order valence-electron chi connectivity index (χ4n) is 3.37. The van der Waals surface area contributed by atoms with E-state index in [4.69, 9.17) is 9.47 Å². The van der Waals surface area contributed by atoms with Gasteiger partial charge >= 0.3 is 0 Å². The predicted molar refractivity (Wildman–Crippen MR) is 84.3 cm³/mol. The third-order valence-electron chi connectivity index (χ3n) is 4.65. The standard InChI is InChI=1S/C17H24N2O3/c1-21-16-5-3-2-4-15(16)17(20)19-8-6-14(7-9-19)18-10-12-22-13-11-18/h2-5,14H,6-13H2,1H3. The van der Waals surface area contributed by atoms with Crippen molar-refractivity contribution in [3.05, 3.63) is 29.8 Å². The molecule has 1 amide bonds. The summed E-state index contributed by atoms with van der Waals surface area (Å²) in [7, 11) is 1.61. The summed E-state index contributed by atoms with van der Waals surface area (Å²) in [5.41, 5.74) is 0.662. The van der Waals surface area contributed by atoms with E-state index in [-0.39, 0.29) is 5.91 Å². The van der Waals surface area contributed by atoms with Gasteiger partial charge in [-0.2, -0.15) is 0 Å². The van der Waals surface area contributed by atoms with Gasteiger partial charge in [-0.1, -0.05) is 12.1 Å². The van der Waals surface area contributed by atoms with E-state index in [1.807, 2.05) is 29.2 Å². The number of hydrogen-bond acceptors (Lipinski definition) is 4. The molecule has 0 bridgehead atoms. The first-order chi connectivity index (χ1) is 10.8. The number of amides is 1. The highest BCUT2D eigenvalue weighted by molar-refractivity contribution is 5.97. The molecule has 2 aliphatic heterocycles. The number of benzene rings is 1. The molecule has 0 unspecified atom stereocenters. The molecule has 0 atom stereocenters. The van der Waals surface area contributed by atoms with Gasteiger partial charge in [-0.15, -0.1) is 0 Å². The highest BCUT2D eigenvalue weighted by Crippen LogP contribution is 2.23. The number of likely N-dealkylation sites (tertiary alicyclic amines) is 1. The predicted octanol–water partition coefficient (Wildman–Crippen LogP) is 1.63. The largest absolute Gasteiger partial charge is 0.496 e. The van der Waals surface area contributed by atoms with E-state index in [2.05, 4.69) is 4.90 Å². The van der Waals surface area contributed by atoms with E-state index in [0.717, 1.165) is 52.2 Å². The summed E-state index contributed by atoms with van der Waals surface area (Å²) in [4.78, 5) is 17.1. The Balaban J connectivity index is 1.59. The molecule has 5 heteroatoms. The van der Waals surface area contributed by atoms with Crippen molar-refractivity contribution in [2.24, 2.45) is 0 Å². The molecule has 0 aliphatic carbocycles. The minimum Gasteiger partial charge on any atom is -0.496 e. The van der Waals surface area contributed by atoms with Crippen LogP contribution in [0.25, 0.3) is 0 Å². The number of ether oxygens (including phenoxy) is 2. The molecule has 0 spiro atoms. The molecule has 22 heavy (non-hydrogen) atoms. The summed E-state index contributed by atoms with van der Waals surface area (Å²) < 4.78 is 10.7. The maximum atomic E-state index is 12.7. The monoisotopic (exact) mass is 304 g/mol. The highest BCUT2D eigenvalue weighted by atomic mass is 16.5. The van der Waals surface area contributed by atoms with Crippen LogP contribution in [0.5, 0.6) is 5.75 Å². The summed E-state index contributed by atoms with van der Waals surface area (Å²) >= 11 is 0. The number of hydrogen-bond donors (Lipinski definition) is 0. The van der Waals surface area contributed by atoms with Gasteiger partial charge in [0.25, 0.3) is 5.91 Å². The molecule has 1 aromatic carbocycles. The Labute approximate surface area is 131 Å². The number of carbonyl (C=O) groups is 1. The van der Waals surface area contributed by atoms with Gasteiger partial charge in [0.2, 0.25) is 0 Å². The van der Waals surface area contributed by atoms with Gasteiger partial charge < -0.3 is 14.4 Å². The van der Waals surface area contributed by atoms with Gasteiger partial charge in [0.1, 0.15) is 5.75 Å². The zero-order valence-corrected chi connectivity index (χ0v) is 13.2. The van der Waals surface area contributed by atoms with Crippen LogP contribution >= 0.6 is 0 Å². The molecule has 2 fully saturated rings. The summed E-state index contributed by atoms with van der Waals surface area (Å²) in [6.45, 7) is 5.34. The topological polar surface area (TPSA) is 42.0 Å². The Kier molecular flexibility index (Phi) is 4.95. The Bertz CT molecular complexity index is 506. The van der Waals surface area contributed by atoms with E-state index in [1.54, 1.807) is 7.11 Å². The summed E-state index contributed by atoms with van der Waals surface area (Å²) in [5.74, 6) is 0.737. The van der Waals surface area contributed by atoms with Crippen molar-refractivity contribution < 1.29 is 14.3 Å². The van der Waals surface area contributed by atoms with Gasteiger partial charge in [0.15, 0.2) is 0 Å². The van der Waals surface area contributed by atoms with Crippen molar-refractivity contribution in [2.45, 2.75) is 18.9 Å². The Morgan fingerprint density at radius 1 is 1.14 bits per heavy atom. The first kappa shape index (κ1) is 15.3. The molecule has 5 nitrogen and oxygen atoms in total. The van der Waals surface area contributed by atoms with Gasteiger partial charge in [-0.05, 0) is 25.0 Å². The van der Waals surface area contributed by atoms with Gasteiger partial charge in [-0.25, -0.2) is 0 Å². The fraction of sp³-hybridized carbons (Fsp3) is 0.588. The van der Waals surface area contributed by atoms with Crippen LogP contribution in [-0.2, 0) is 4.74 Å². The number of para-hydroxylation sites is 1. The molecule has 1 aromatic rings. The molecule has 2 saturated heterocycles. The lowest BCUT2D eigenvalue weighted by atomic mass is 10.0. The van der Waals surface area contributed by atoms with Crippen LogP contribution in [0, 0.1) is 0 Å². The second kappa shape index (κ2) is 7.11. The third kappa shape index (κ3) is 3.25. The Morgan fingerprint density at radius 3 is 2.50 bits per heavy atom. The van der Waals surface area contributed by atoms with Crippen LogP contribution in [0.2, 0.25) is 0 Å². The average Bonchev–Trinajstić information content (AvgIpc) is 2.62. The number of nitrogens with zero attached hydrogens (tertiary/aromatic N) is 2. The molecule has 0 radical (unpaired) electrons. The lowest BCUT2D eigenvalue weighted by Gasteiger charge is -2.40. The number of piperidine rings is 1. The molecule has 0 saturated carbocycles. The number of carbonyl (C=O) groups excluding carboxylic acids is 1. The smallest absolute Gasteiger partial charge is 0.257 e. The quantitative estimate of drug-likeness (QED) is 0.851. The average molecular weight is 304 g/mol. The maximum Gasteiger partial charge on any atom is 0.257 e. The first-order valence-corrected chi connectivity index (χ1v) is 8.03. The normalized spacial score (nSPS) is 20.9. The van der Waals surface area contributed by atoms with Gasteiger partial charge in [0, 0.05) is 32.2 Å². The van der Waals surface area contributed by atoms with Crippen LogP contribution < -0.4 is 4.74 Å². The minimum atomic E-state index is 0.0814. The molecule has 0 aromatic heterocycles. The second-order valence-electron chi connectivity index (χ2n) is 5.87. The maximum absolute atomic E-state index is 12.7. The Hall–Kier alpha value is -1.59. The summed E-state index contributed by atoms with van der Waals surface area (Å²) in [6.07, 6.45) is 2.09. The zero-order valence-electron chi connectivity index (χ0n) is 13.2. The van der Waals surface area contributed by atoms with Crippen molar-refractivity contribution in [3.63, 3.8) is 0 Å². The number of morpholine rings is 1. The lowest BCUT2D eigenvalue weighted by molar-refractivity contribution is 0.00156. The van der Waals surface area contributed by atoms with Gasteiger partial charge in [-0.3, -0.25) is 9.69 Å². The number of methoxy groups -OCH3 is 1. The lowest BCUT2D eigenvalue weighted by Crippen LogP contribution is -2.50. The summed E-state index contributed by atoms with van der Waals surface area (Å²) in [5, 5.41) is 0. The van der Waals surface area contributed by atoms with Crippen molar-refractivity contribution in [1.82, 2.24) is 9.80 Å². The van der Waals surface area contributed by atoms with Crippen LogP contribution in [0.1, 0.15) is 23.2 Å². The Morgan fingerprint density at radius 2 is 1.82 bits per heavy atom. The van der Waals surface area contributed by atoms with Crippen LogP contribution in [-0.4, -0.2) is 68.3 Å². The molecule has 0 N–H and O–H groups in total. The molecule has 3 rings (SSSR count). The molecular formula is C17H24N2O3. The highest BCUT2D eigenvalue weighted by Gasteiger charge is 2.29. The van der Waals surface area contributed by atoms with Crippen molar-refractivity contribution in [1.29, 1.82) is 0 Å². The van der Waals surface area contributed by atoms with Crippen molar-refractivity contribution in [3.8, 4) is 5.75 Å². The van der Waals surface area contributed by atoms with Crippen molar-refractivity contribution >= 4 is 5.91 Å². The molecule has 2 heterocycles. The summed E-state index contributed by atoms with van der Waals surface area (Å²) in [6, 6.07) is 8.05. The van der Waals surface area contributed by atoms with Crippen LogP contribution in [0.4, 0.5) is 0 Å². The van der Waals surface area contributed by atoms with E-state index in [9.17, 15) is 4.79 Å². The zero-order chi connectivity index (χ0) is 15.4. The van der Waals surface area contributed by atoms with E-state index in [0.29, 0.717) is 17.4 Å².